The second kappa shape index (κ2) is 13.0. The van der Waals surface area contributed by atoms with Crippen LogP contribution in [0.1, 0.15) is 58.5 Å². The average molecular weight is 592 g/mol. The number of rotatable bonds is 10. The van der Waals surface area contributed by atoms with Crippen LogP contribution in [0.5, 0.6) is 5.88 Å². The molecule has 1 aromatic carbocycles. The molecule has 1 atom stereocenters. The summed E-state index contributed by atoms with van der Waals surface area (Å²) in [7, 11) is 1.61. The summed E-state index contributed by atoms with van der Waals surface area (Å²) in [5, 5.41) is 6.10. The largest absolute Gasteiger partial charge is 0.475 e. The molecule has 228 valence electrons. The van der Waals surface area contributed by atoms with Gasteiger partial charge >= 0.3 is 0 Å². The Morgan fingerprint density at radius 2 is 1.95 bits per heavy atom. The standard InChI is InChI=1S/C32H38FN5O5/c1-19(2)43-29-13-22(25-8-7-20(3)10-26(25)32(41)38-17-23(33)18-38)12-28(35-29)36-30(39)27-11-21(16-37(4)31(27)40)14-34-15-24-6-5-9-42-24/h7-8,10-13,16,19,23-24,34H,5-6,9,14-15,17-18H2,1-4H3,(H,35,36,39). The molecule has 10 nitrogen and oxygen atoms in total. The van der Waals surface area contributed by atoms with Crippen LogP contribution in [0.25, 0.3) is 11.1 Å². The van der Waals surface area contributed by atoms with Crippen LogP contribution in [-0.2, 0) is 18.3 Å². The zero-order valence-corrected chi connectivity index (χ0v) is 25.0. The summed E-state index contributed by atoms with van der Waals surface area (Å²) in [6.07, 6.45) is 2.71. The minimum atomic E-state index is -1.02. The summed E-state index contributed by atoms with van der Waals surface area (Å²) in [5.41, 5.74) is 2.79. The summed E-state index contributed by atoms with van der Waals surface area (Å²) in [4.78, 5) is 45.6. The number of carbonyl (C=O) groups is 2. The van der Waals surface area contributed by atoms with Gasteiger partial charge in [-0.25, -0.2) is 4.39 Å². The van der Waals surface area contributed by atoms with E-state index in [0.29, 0.717) is 29.8 Å². The molecule has 2 amide bonds. The number of hydrogen-bond donors (Lipinski definition) is 2. The number of halogens is 1. The van der Waals surface area contributed by atoms with Crippen molar-refractivity contribution in [1.29, 1.82) is 0 Å². The van der Waals surface area contributed by atoms with Crippen molar-refractivity contribution in [3.63, 3.8) is 0 Å². The highest BCUT2D eigenvalue weighted by Gasteiger charge is 2.32. The third-order valence-electron chi connectivity index (χ3n) is 7.45. The zero-order chi connectivity index (χ0) is 30.7. The molecule has 0 spiro atoms. The van der Waals surface area contributed by atoms with Crippen molar-refractivity contribution in [1.82, 2.24) is 19.8 Å². The molecule has 1 unspecified atom stereocenters. The normalized spacial score (nSPS) is 16.8. The van der Waals surface area contributed by atoms with Gasteiger partial charge in [0.2, 0.25) is 5.88 Å². The summed E-state index contributed by atoms with van der Waals surface area (Å²) >= 11 is 0. The number of aryl methyl sites for hydroxylation is 2. The van der Waals surface area contributed by atoms with Gasteiger partial charge in [0.1, 0.15) is 17.6 Å². The molecule has 2 N–H and O–H groups in total. The van der Waals surface area contributed by atoms with Crippen LogP contribution in [-0.4, -0.2) is 70.9 Å². The molecule has 2 aromatic heterocycles. The molecule has 0 aliphatic carbocycles. The number of aromatic nitrogens is 2. The Hall–Kier alpha value is -4.09. The number of nitrogens with one attached hydrogen (secondary N) is 2. The van der Waals surface area contributed by atoms with Crippen molar-refractivity contribution in [2.24, 2.45) is 7.05 Å². The first-order valence-electron chi connectivity index (χ1n) is 14.6. The molecule has 4 heterocycles. The number of benzene rings is 1. The lowest BCUT2D eigenvalue weighted by Crippen LogP contribution is -2.51. The summed E-state index contributed by atoms with van der Waals surface area (Å²) in [5.74, 6) is -0.477. The fraction of sp³-hybridized carbons (Fsp3) is 0.438. The number of hydrogen-bond acceptors (Lipinski definition) is 7. The summed E-state index contributed by atoms with van der Waals surface area (Å²) in [6.45, 7) is 7.64. The van der Waals surface area contributed by atoms with Crippen LogP contribution in [0, 0.1) is 6.92 Å². The Balaban J connectivity index is 1.43. The van der Waals surface area contributed by atoms with Gasteiger partial charge in [-0.3, -0.25) is 14.4 Å². The maximum Gasteiger partial charge on any atom is 0.263 e. The van der Waals surface area contributed by atoms with Gasteiger partial charge in [-0.2, -0.15) is 4.98 Å². The highest BCUT2D eigenvalue weighted by Crippen LogP contribution is 2.32. The molecule has 5 rings (SSSR count). The van der Waals surface area contributed by atoms with Gasteiger partial charge in [-0.15, -0.1) is 0 Å². The third kappa shape index (κ3) is 7.29. The molecule has 0 bridgehead atoms. The number of carbonyl (C=O) groups excluding carboxylic acids is 2. The first-order valence-corrected chi connectivity index (χ1v) is 14.6. The molecule has 3 aromatic rings. The molecule has 0 saturated carbocycles. The van der Waals surface area contributed by atoms with Gasteiger partial charge in [0.25, 0.3) is 17.4 Å². The zero-order valence-electron chi connectivity index (χ0n) is 25.0. The van der Waals surface area contributed by atoms with Gasteiger partial charge in [0.05, 0.1) is 25.3 Å². The van der Waals surface area contributed by atoms with E-state index in [-0.39, 0.29) is 48.5 Å². The van der Waals surface area contributed by atoms with Crippen LogP contribution in [0.3, 0.4) is 0 Å². The first kappa shape index (κ1) is 30.4. The number of pyridine rings is 2. The third-order valence-corrected chi connectivity index (χ3v) is 7.45. The van der Waals surface area contributed by atoms with Crippen LogP contribution in [0.15, 0.2) is 47.4 Å². The van der Waals surface area contributed by atoms with E-state index in [1.54, 1.807) is 37.5 Å². The Morgan fingerprint density at radius 1 is 1.16 bits per heavy atom. The van der Waals surface area contributed by atoms with E-state index in [1.807, 2.05) is 32.9 Å². The fourth-order valence-corrected chi connectivity index (χ4v) is 5.28. The van der Waals surface area contributed by atoms with Crippen molar-refractivity contribution in [3.8, 4) is 17.0 Å². The first-order chi connectivity index (χ1) is 20.6. The highest BCUT2D eigenvalue weighted by atomic mass is 19.1. The molecule has 2 fully saturated rings. The van der Waals surface area contributed by atoms with Crippen LogP contribution < -0.4 is 20.9 Å². The number of amides is 2. The lowest BCUT2D eigenvalue weighted by atomic mass is 9.96. The number of nitrogens with zero attached hydrogens (tertiary/aromatic N) is 3. The van der Waals surface area contributed by atoms with Gasteiger partial charge < -0.3 is 29.6 Å². The van der Waals surface area contributed by atoms with E-state index in [9.17, 15) is 18.8 Å². The minimum Gasteiger partial charge on any atom is -0.475 e. The molecule has 2 aliphatic rings. The number of ether oxygens (including phenoxy) is 2. The van der Waals surface area contributed by atoms with Crippen molar-refractivity contribution in [3.05, 3.63) is 75.2 Å². The molecular weight excluding hydrogens is 553 g/mol. The Morgan fingerprint density at radius 3 is 2.65 bits per heavy atom. The maximum absolute atomic E-state index is 13.5. The van der Waals surface area contributed by atoms with E-state index in [0.717, 1.165) is 30.6 Å². The lowest BCUT2D eigenvalue weighted by Gasteiger charge is -2.34. The second-order valence-corrected chi connectivity index (χ2v) is 11.5. The van der Waals surface area contributed by atoms with Crippen molar-refractivity contribution in [2.45, 2.75) is 58.5 Å². The molecule has 2 saturated heterocycles. The predicted molar refractivity (Wildman–Crippen MR) is 161 cm³/mol. The average Bonchev–Trinajstić information content (AvgIpc) is 3.45. The van der Waals surface area contributed by atoms with Crippen molar-refractivity contribution < 1.29 is 23.5 Å². The minimum absolute atomic E-state index is 0.0257. The Bertz CT molecular complexity index is 1560. The maximum atomic E-state index is 13.5. The van der Waals surface area contributed by atoms with Gasteiger partial charge in [-0.05, 0) is 68.5 Å². The number of likely N-dealkylation sites (tertiary alicyclic amines) is 1. The van der Waals surface area contributed by atoms with Crippen molar-refractivity contribution >= 4 is 17.6 Å². The Kier molecular flexibility index (Phi) is 9.22. The number of alkyl halides is 1. The van der Waals surface area contributed by atoms with Crippen LogP contribution >= 0.6 is 0 Å². The van der Waals surface area contributed by atoms with E-state index < -0.39 is 17.6 Å². The van der Waals surface area contributed by atoms with Crippen LogP contribution in [0.4, 0.5) is 10.2 Å². The van der Waals surface area contributed by atoms with E-state index >= 15 is 0 Å². The van der Waals surface area contributed by atoms with Crippen molar-refractivity contribution in [2.75, 3.05) is 31.6 Å². The van der Waals surface area contributed by atoms with Gasteiger partial charge in [0, 0.05) is 44.6 Å². The SMILES string of the molecule is Cc1ccc(-c2cc(NC(=O)c3cc(CNCC4CCCO4)cn(C)c3=O)nc(OC(C)C)c2)c(C(=O)N2CC(F)C2)c1. The molecule has 11 heteroatoms. The second-order valence-electron chi connectivity index (χ2n) is 11.5. The van der Waals surface area contributed by atoms with Crippen LogP contribution in [0.2, 0.25) is 0 Å². The fourth-order valence-electron chi connectivity index (χ4n) is 5.28. The quantitative estimate of drug-likeness (QED) is 0.368. The lowest BCUT2D eigenvalue weighted by molar-refractivity contribution is 0.0401. The number of anilines is 1. The van der Waals surface area contributed by atoms with E-state index in [4.69, 9.17) is 9.47 Å². The van der Waals surface area contributed by atoms with E-state index in [2.05, 4.69) is 15.6 Å². The summed E-state index contributed by atoms with van der Waals surface area (Å²) < 4.78 is 26.5. The Labute approximate surface area is 250 Å². The predicted octanol–water partition coefficient (Wildman–Crippen LogP) is 3.86. The molecule has 2 aliphatic heterocycles. The molecule has 0 radical (unpaired) electrons. The van der Waals surface area contributed by atoms with E-state index in [1.165, 1.54) is 9.47 Å². The van der Waals surface area contributed by atoms with Gasteiger partial charge in [0.15, 0.2) is 0 Å². The monoisotopic (exact) mass is 591 g/mol. The highest BCUT2D eigenvalue weighted by molar-refractivity contribution is 6.05. The van der Waals surface area contributed by atoms with Gasteiger partial charge in [-0.1, -0.05) is 17.7 Å². The molecule has 43 heavy (non-hydrogen) atoms. The topological polar surface area (TPSA) is 115 Å². The smallest absolute Gasteiger partial charge is 0.263 e. The molecular formula is C32H38FN5O5. The summed E-state index contributed by atoms with van der Waals surface area (Å²) in [6, 6.07) is 10.4.